The van der Waals surface area contributed by atoms with Crippen LogP contribution in [0.4, 0.5) is 9.93 Å². The van der Waals surface area contributed by atoms with E-state index in [4.69, 9.17) is 25.7 Å². The SMILES string of the molecule is CC/C=C(\C(=O)N[C@@H]1C(=O)N2C(C(=O)OCOC(=O)C(C)(C)C)=C(COC(N)=O)CS[C@H]12)c1csc(N)n1.Cl. The highest BCUT2D eigenvalue weighted by molar-refractivity contribution is 8.00. The monoisotopic (exact) mass is 603 g/mol. The topological polar surface area (TPSA) is 193 Å². The number of aromatic nitrogens is 1. The largest absolute Gasteiger partial charge is 0.445 e. The van der Waals surface area contributed by atoms with Crippen molar-refractivity contribution in [1.82, 2.24) is 15.2 Å². The zero-order valence-corrected chi connectivity index (χ0v) is 24.1. The number of nitrogen functional groups attached to an aromatic ring is 1. The number of nitrogens with one attached hydrogen (secondary N) is 1. The average molecular weight is 604 g/mol. The molecule has 1 aromatic heterocycles. The maximum atomic E-state index is 13.1. The lowest BCUT2D eigenvalue weighted by Crippen LogP contribution is -2.70. The Morgan fingerprint density at radius 1 is 1.23 bits per heavy atom. The van der Waals surface area contributed by atoms with Crippen LogP contribution < -0.4 is 16.8 Å². The van der Waals surface area contributed by atoms with Crippen molar-refractivity contribution in [2.45, 2.75) is 45.5 Å². The third kappa shape index (κ3) is 7.42. The van der Waals surface area contributed by atoms with E-state index in [2.05, 4.69) is 10.3 Å². The van der Waals surface area contributed by atoms with Crippen molar-refractivity contribution in [2.24, 2.45) is 11.1 Å². The van der Waals surface area contributed by atoms with Crippen molar-refractivity contribution in [3.63, 3.8) is 0 Å². The fourth-order valence-corrected chi connectivity index (χ4v) is 5.40. The third-order valence-corrected chi connectivity index (χ3v) is 7.37. The Hall–Kier alpha value is -3.30. The van der Waals surface area contributed by atoms with Gasteiger partial charge < -0.3 is 31.0 Å². The number of halogens is 1. The number of nitrogens with zero attached hydrogens (tertiary/aromatic N) is 2. The maximum absolute atomic E-state index is 13.1. The molecule has 2 atom stereocenters. The number of β-lactam (4-membered cyclic amide) rings is 1. The van der Waals surface area contributed by atoms with Crippen molar-refractivity contribution >= 4 is 76.1 Å². The van der Waals surface area contributed by atoms with Gasteiger partial charge in [0.2, 0.25) is 6.79 Å². The van der Waals surface area contributed by atoms with E-state index < -0.39 is 53.5 Å². The molecular formula is C23H30ClN5O8S2. The number of anilines is 1. The van der Waals surface area contributed by atoms with Crippen LogP contribution in [0.2, 0.25) is 0 Å². The Labute approximate surface area is 239 Å². The van der Waals surface area contributed by atoms with Crippen LogP contribution in [0.1, 0.15) is 39.8 Å². The Kier molecular flexibility index (Phi) is 10.8. The van der Waals surface area contributed by atoms with Gasteiger partial charge in [-0.3, -0.25) is 19.3 Å². The molecule has 0 bridgehead atoms. The molecule has 0 saturated carbocycles. The second-order valence-electron chi connectivity index (χ2n) is 9.25. The molecule has 2 aliphatic rings. The summed E-state index contributed by atoms with van der Waals surface area (Å²) in [4.78, 5) is 67.6. The molecule has 0 aromatic carbocycles. The standard InChI is InChI=1S/C23H29N5O8S2.ClH/c1-5-6-12(13-9-38-21(24)26-13)16(29)27-14-17(30)28-15(11(7-34-22(25)33)8-37-18(14)28)19(31)35-10-36-20(32)23(2,3)4;/h6,9,14,18H,5,7-8,10H2,1-4H3,(H2,24,26)(H2,25,33)(H,27,29);1H/b12-6-;/t14-,18-;/m1./s1. The number of allylic oxidation sites excluding steroid dienone is 1. The average Bonchev–Trinajstić information content (AvgIpc) is 3.28. The Morgan fingerprint density at radius 3 is 2.49 bits per heavy atom. The van der Waals surface area contributed by atoms with Crippen molar-refractivity contribution in [3.05, 3.63) is 28.4 Å². The summed E-state index contributed by atoms with van der Waals surface area (Å²) in [7, 11) is 0. The van der Waals surface area contributed by atoms with E-state index in [9.17, 15) is 24.0 Å². The molecule has 1 fully saturated rings. The number of nitrogens with two attached hydrogens (primary N) is 2. The molecule has 3 heterocycles. The van der Waals surface area contributed by atoms with Gasteiger partial charge >= 0.3 is 18.0 Å². The van der Waals surface area contributed by atoms with E-state index in [1.54, 1.807) is 32.2 Å². The lowest BCUT2D eigenvalue weighted by Gasteiger charge is -2.49. The van der Waals surface area contributed by atoms with Crippen molar-refractivity contribution < 1.29 is 38.2 Å². The number of primary amides is 1. The number of hydrogen-bond acceptors (Lipinski definition) is 12. The quantitative estimate of drug-likeness (QED) is 0.161. The molecule has 13 nitrogen and oxygen atoms in total. The summed E-state index contributed by atoms with van der Waals surface area (Å²) >= 11 is 2.45. The summed E-state index contributed by atoms with van der Waals surface area (Å²) in [5.74, 6) is -2.45. The van der Waals surface area contributed by atoms with Gasteiger partial charge in [0.1, 0.15) is 23.7 Å². The van der Waals surface area contributed by atoms with Gasteiger partial charge in [0.05, 0.1) is 16.7 Å². The first-order valence-electron chi connectivity index (χ1n) is 11.5. The van der Waals surface area contributed by atoms with Gasteiger partial charge in [-0.15, -0.1) is 35.5 Å². The first kappa shape index (κ1) is 31.9. The smallest absolute Gasteiger partial charge is 0.404 e. The Bertz CT molecular complexity index is 1210. The van der Waals surface area contributed by atoms with Crippen molar-refractivity contribution in [3.8, 4) is 0 Å². The van der Waals surface area contributed by atoms with Crippen LogP contribution in [-0.4, -0.2) is 70.3 Å². The first-order chi connectivity index (χ1) is 17.8. The lowest BCUT2D eigenvalue weighted by molar-refractivity contribution is -0.173. The predicted octanol–water partition coefficient (Wildman–Crippen LogP) is 1.78. The zero-order chi connectivity index (χ0) is 28.2. The van der Waals surface area contributed by atoms with E-state index in [-0.39, 0.29) is 41.6 Å². The number of fused-ring (bicyclic) bond motifs is 1. The molecular weight excluding hydrogens is 574 g/mol. The van der Waals surface area contributed by atoms with Crippen LogP contribution in [0.3, 0.4) is 0 Å². The van der Waals surface area contributed by atoms with Crippen LogP contribution in [0.25, 0.3) is 5.57 Å². The molecule has 3 rings (SSSR count). The highest BCUT2D eigenvalue weighted by atomic mass is 35.5. The summed E-state index contributed by atoms with van der Waals surface area (Å²) in [6.07, 6.45) is 1.17. The minimum absolute atomic E-state index is 0. The molecule has 0 spiro atoms. The van der Waals surface area contributed by atoms with Crippen LogP contribution in [-0.2, 0) is 33.4 Å². The number of carbonyl (C=O) groups excluding carboxylic acids is 5. The fourth-order valence-electron chi connectivity index (χ4n) is 3.51. The summed E-state index contributed by atoms with van der Waals surface area (Å²) in [5, 5.41) is 4.03. The van der Waals surface area contributed by atoms with Gasteiger partial charge in [0.15, 0.2) is 5.13 Å². The van der Waals surface area contributed by atoms with E-state index in [0.29, 0.717) is 17.2 Å². The van der Waals surface area contributed by atoms with Crippen LogP contribution in [0, 0.1) is 5.41 Å². The minimum atomic E-state index is -1.06. The molecule has 5 N–H and O–H groups in total. The number of rotatable bonds is 9. The zero-order valence-electron chi connectivity index (χ0n) is 21.7. The molecule has 0 radical (unpaired) electrons. The number of esters is 2. The fraction of sp³-hybridized carbons (Fsp3) is 0.478. The molecule has 2 aliphatic heterocycles. The second-order valence-corrected chi connectivity index (χ2v) is 11.2. The van der Waals surface area contributed by atoms with Crippen molar-refractivity contribution in [1.29, 1.82) is 0 Å². The maximum Gasteiger partial charge on any atom is 0.404 e. The normalized spacial score (nSPS) is 18.8. The highest BCUT2D eigenvalue weighted by Gasteiger charge is 2.54. The summed E-state index contributed by atoms with van der Waals surface area (Å²) in [6.45, 7) is 5.74. The molecule has 1 aromatic rings. The van der Waals surface area contributed by atoms with E-state index in [1.807, 2.05) is 6.92 Å². The van der Waals surface area contributed by atoms with Gasteiger partial charge in [-0.2, -0.15) is 0 Å². The minimum Gasteiger partial charge on any atom is -0.445 e. The summed E-state index contributed by atoms with van der Waals surface area (Å²) in [5.41, 5.74) is 10.7. The number of carbonyl (C=O) groups is 5. The number of amides is 3. The predicted molar refractivity (Wildman–Crippen MR) is 146 cm³/mol. The third-order valence-electron chi connectivity index (χ3n) is 5.36. The first-order valence-corrected chi connectivity index (χ1v) is 13.4. The van der Waals surface area contributed by atoms with E-state index in [0.717, 1.165) is 4.90 Å². The molecule has 0 aliphatic carbocycles. The van der Waals surface area contributed by atoms with Crippen LogP contribution >= 0.6 is 35.5 Å². The highest BCUT2D eigenvalue weighted by Crippen LogP contribution is 2.41. The molecule has 39 heavy (non-hydrogen) atoms. The second kappa shape index (κ2) is 13.2. The number of thiazole rings is 1. The molecule has 0 unspecified atom stereocenters. The molecule has 1 saturated heterocycles. The van der Waals surface area contributed by atoms with Gasteiger partial charge in [-0.25, -0.2) is 14.6 Å². The van der Waals surface area contributed by atoms with Gasteiger partial charge in [-0.05, 0) is 27.2 Å². The van der Waals surface area contributed by atoms with Gasteiger partial charge in [-0.1, -0.05) is 13.0 Å². The van der Waals surface area contributed by atoms with Crippen LogP contribution in [0.15, 0.2) is 22.7 Å². The summed E-state index contributed by atoms with van der Waals surface area (Å²) in [6, 6.07) is -0.941. The lowest BCUT2D eigenvalue weighted by atomic mass is 9.98. The van der Waals surface area contributed by atoms with Gasteiger partial charge in [0, 0.05) is 16.7 Å². The summed E-state index contributed by atoms with van der Waals surface area (Å²) < 4.78 is 14.9. The van der Waals surface area contributed by atoms with Crippen molar-refractivity contribution in [2.75, 3.05) is 24.9 Å². The Balaban J connectivity index is 0.00000533. The van der Waals surface area contributed by atoms with Crippen LogP contribution in [0.5, 0.6) is 0 Å². The Morgan fingerprint density at radius 2 is 1.92 bits per heavy atom. The van der Waals surface area contributed by atoms with E-state index >= 15 is 0 Å². The number of thioether (sulfide) groups is 1. The van der Waals surface area contributed by atoms with Gasteiger partial charge in [0.25, 0.3) is 11.8 Å². The van der Waals surface area contributed by atoms with E-state index in [1.165, 1.54) is 23.1 Å². The molecule has 3 amide bonds. The number of ether oxygens (including phenoxy) is 3. The molecule has 214 valence electrons. The number of hydrogen-bond donors (Lipinski definition) is 3. The molecule has 16 heteroatoms.